The largest absolute Gasteiger partial charge is 0.508 e. The van der Waals surface area contributed by atoms with Crippen molar-refractivity contribution in [3.8, 4) is 0 Å². The fourth-order valence-electron chi connectivity index (χ4n) is 9.25. The zero-order valence-corrected chi connectivity index (χ0v) is 24.6. The number of ether oxygens (including phenoxy) is 2. The smallest absolute Gasteiger partial charge is 0.434 e. The van der Waals surface area contributed by atoms with Crippen LogP contribution in [0.1, 0.15) is 126 Å². The van der Waals surface area contributed by atoms with Crippen LogP contribution in [0.3, 0.4) is 0 Å². The van der Waals surface area contributed by atoms with Crippen LogP contribution in [0.2, 0.25) is 0 Å². The summed E-state index contributed by atoms with van der Waals surface area (Å²) in [4.78, 5) is 12.3. The molecule has 3 nitrogen and oxygen atoms in total. The zero-order valence-electron chi connectivity index (χ0n) is 24.6. The third-order valence-electron chi connectivity index (χ3n) is 11.7. The van der Waals surface area contributed by atoms with Crippen LogP contribution in [0.4, 0.5) is 4.79 Å². The quantitative estimate of drug-likeness (QED) is 0.233. The lowest BCUT2D eigenvalue weighted by atomic mass is 9.47. The highest BCUT2D eigenvalue weighted by Crippen LogP contribution is 2.67. The molecule has 3 saturated carbocycles. The molecule has 0 heterocycles. The highest BCUT2D eigenvalue weighted by atomic mass is 16.7. The molecule has 4 aliphatic carbocycles. The molecular formula is C33H56O3. The van der Waals surface area contributed by atoms with E-state index >= 15 is 0 Å². The first-order valence-corrected chi connectivity index (χ1v) is 15.6. The Hall–Kier alpha value is -0.990. The van der Waals surface area contributed by atoms with E-state index in [1.54, 1.807) is 5.57 Å². The van der Waals surface area contributed by atoms with Gasteiger partial charge in [0.1, 0.15) is 6.10 Å². The van der Waals surface area contributed by atoms with Crippen molar-refractivity contribution < 1.29 is 14.3 Å². The van der Waals surface area contributed by atoms with Gasteiger partial charge in [0.25, 0.3) is 0 Å². The lowest BCUT2D eigenvalue weighted by Gasteiger charge is -2.58. The van der Waals surface area contributed by atoms with Gasteiger partial charge in [-0.1, -0.05) is 85.8 Å². The second-order valence-electron chi connectivity index (χ2n) is 14.3. The molecule has 0 N–H and O–H groups in total. The van der Waals surface area contributed by atoms with Crippen molar-refractivity contribution >= 4 is 6.16 Å². The Morgan fingerprint density at radius 1 is 1.03 bits per heavy atom. The van der Waals surface area contributed by atoms with Crippen LogP contribution < -0.4 is 0 Å². The third-order valence-corrected chi connectivity index (χ3v) is 11.7. The topological polar surface area (TPSA) is 35.5 Å². The first-order valence-electron chi connectivity index (χ1n) is 15.6. The van der Waals surface area contributed by atoms with Gasteiger partial charge in [0.2, 0.25) is 0 Å². The second-order valence-corrected chi connectivity index (χ2v) is 14.3. The molecule has 0 unspecified atom stereocenters. The number of carbonyl (C=O) groups excluding carboxylic acids is 1. The van der Waals surface area contributed by atoms with E-state index < -0.39 is 6.16 Å². The van der Waals surface area contributed by atoms with E-state index in [9.17, 15) is 4.79 Å². The summed E-state index contributed by atoms with van der Waals surface area (Å²) < 4.78 is 11.2. The number of carbonyl (C=O) groups is 1. The van der Waals surface area contributed by atoms with Crippen LogP contribution in [0.25, 0.3) is 0 Å². The fraction of sp³-hybridized carbons (Fsp3) is 0.909. The van der Waals surface area contributed by atoms with Crippen LogP contribution in [0.15, 0.2) is 11.6 Å². The third kappa shape index (κ3) is 5.56. The maximum Gasteiger partial charge on any atom is 0.508 e. The molecule has 0 aromatic carbocycles. The molecule has 0 aromatic heterocycles. The van der Waals surface area contributed by atoms with Crippen molar-refractivity contribution in [2.75, 3.05) is 6.61 Å². The lowest BCUT2D eigenvalue weighted by molar-refractivity contribution is -0.0621. The molecule has 206 valence electrons. The predicted octanol–water partition coefficient (Wildman–Crippen LogP) is 9.60. The average Bonchev–Trinajstić information content (AvgIpc) is 3.19. The van der Waals surface area contributed by atoms with Gasteiger partial charge in [0.05, 0.1) is 6.61 Å². The van der Waals surface area contributed by atoms with E-state index in [0.717, 1.165) is 61.2 Å². The van der Waals surface area contributed by atoms with E-state index in [2.05, 4.69) is 54.5 Å². The molecule has 0 amide bonds. The Morgan fingerprint density at radius 2 is 1.81 bits per heavy atom. The second kappa shape index (κ2) is 11.4. The highest BCUT2D eigenvalue weighted by Gasteiger charge is 2.59. The first kappa shape index (κ1) is 28.0. The number of allylic oxidation sites excluding steroid dienone is 1. The summed E-state index contributed by atoms with van der Waals surface area (Å²) in [7, 11) is 0. The minimum atomic E-state index is -0.467. The maximum absolute atomic E-state index is 12.3. The van der Waals surface area contributed by atoms with Gasteiger partial charge < -0.3 is 9.47 Å². The van der Waals surface area contributed by atoms with E-state index in [4.69, 9.17) is 9.47 Å². The first-order chi connectivity index (χ1) is 17.1. The van der Waals surface area contributed by atoms with E-state index in [1.165, 1.54) is 51.4 Å². The van der Waals surface area contributed by atoms with Crippen LogP contribution in [0, 0.1) is 52.3 Å². The molecule has 0 bridgehead atoms. The number of fused-ring (bicyclic) bond motifs is 5. The molecule has 3 heteroatoms. The number of rotatable bonds is 9. The van der Waals surface area contributed by atoms with Crippen molar-refractivity contribution in [3.63, 3.8) is 0 Å². The van der Waals surface area contributed by atoms with Gasteiger partial charge in [0, 0.05) is 6.42 Å². The summed E-state index contributed by atoms with van der Waals surface area (Å²) in [5, 5.41) is 0. The molecule has 0 spiro atoms. The molecule has 4 aliphatic rings. The Morgan fingerprint density at radius 3 is 2.53 bits per heavy atom. The summed E-state index contributed by atoms with van der Waals surface area (Å²) in [6, 6.07) is 0. The zero-order chi connectivity index (χ0) is 26.1. The molecule has 3 fully saturated rings. The van der Waals surface area contributed by atoms with Gasteiger partial charge in [-0.15, -0.1) is 0 Å². The summed E-state index contributed by atoms with van der Waals surface area (Å²) in [5.41, 5.74) is 2.42. The van der Waals surface area contributed by atoms with Crippen LogP contribution in [-0.4, -0.2) is 18.9 Å². The predicted molar refractivity (Wildman–Crippen MR) is 149 cm³/mol. The van der Waals surface area contributed by atoms with Gasteiger partial charge in [-0.3, -0.25) is 0 Å². The van der Waals surface area contributed by atoms with Crippen molar-refractivity contribution in [3.05, 3.63) is 11.6 Å². The minimum Gasteiger partial charge on any atom is -0.434 e. The molecule has 0 saturated heterocycles. The molecule has 9 atom stereocenters. The fourth-order valence-corrected chi connectivity index (χ4v) is 9.25. The summed E-state index contributed by atoms with van der Waals surface area (Å²) >= 11 is 0. The number of hydrogen-bond donors (Lipinski definition) is 0. The lowest BCUT2D eigenvalue weighted by Crippen LogP contribution is -2.51. The van der Waals surface area contributed by atoms with E-state index in [1.807, 2.05) is 0 Å². The summed E-state index contributed by atoms with van der Waals surface area (Å²) in [6.07, 6.45) is 17.3. The standard InChI is InChI=1S/C33H56O3/c1-8-23(4)21-35-31(34)36-26-16-18-32(6)25(20-26)12-13-27-29-15-14-28(24(5)11-9-10-22(2)3)33(29,7)19-17-30(27)32/h12,22-24,26-30H,8-11,13-21H2,1-7H3/t23-,24-,26+,27-,28+,29+,30+,32-,33-/m0/s1. The number of hydrogen-bond acceptors (Lipinski definition) is 3. The minimum absolute atomic E-state index is 0.0123. The van der Waals surface area contributed by atoms with Crippen LogP contribution >= 0.6 is 0 Å². The van der Waals surface area contributed by atoms with E-state index in [-0.39, 0.29) is 6.10 Å². The van der Waals surface area contributed by atoms with Crippen molar-refractivity contribution in [1.82, 2.24) is 0 Å². The van der Waals surface area contributed by atoms with Gasteiger partial charge >= 0.3 is 6.16 Å². The van der Waals surface area contributed by atoms with Crippen molar-refractivity contribution in [1.29, 1.82) is 0 Å². The van der Waals surface area contributed by atoms with Crippen LogP contribution in [0.5, 0.6) is 0 Å². The van der Waals surface area contributed by atoms with Gasteiger partial charge in [0.15, 0.2) is 0 Å². The highest BCUT2D eigenvalue weighted by molar-refractivity contribution is 5.60. The average molecular weight is 501 g/mol. The van der Waals surface area contributed by atoms with E-state index in [0.29, 0.717) is 23.4 Å². The Labute approximate surface area is 222 Å². The SMILES string of the molecule is CC[C@H](C)COC(=O)O[C@@H]1CC[C@@]2(C)C(=CC[C@H]3[C@H]4CC[C@H]([C@@H](C)CCCC(C)C)[C@]4(C)CC[C@H]32)C1. The van der Waals surface area contributed by atoms with Crippen molar-refractivity contribution in [2.24, 2.45) is 52.3 Å². The Kier molecular flexibility index (Phi) is 8.88. The van der Waals surface area contributed by atoms with Crippen LogP contribution in [-0.2, 0) is 9.47 Å². The van der Waals surface area contributed by atoms with Gasteiger partial charge in [-0.25, -0.2) is 4.79 Å². The normalized spacial score (nSPS) is 39.4. The Bertz CT molecular complexity index is 786. The molecular weight excluding hydrogens is 444 g/mol. The molecule has 0 aliphatic heterocycles. The summed E-state index contributed by atoms with van der Waals surface area (Å²) in [6.45, 7) is 17.2. The monoisotopic (exact) mass is 500 g/mol. The Balaban J connectivity index is 1.38. The molecule has 4 rings (SSSR count). The maximum atomic E-state index is 12.3. The summed E-state index contributed by atoms with van der Waals surface area (Å²) in [5.74, 6) is 5.56. The van der Waals surface area contributed by atoms with Crippen molar-refractivity contribution in [2.45, 2.75) is 132 Å². The van der Waals surface area contributed by atoms with Gasteiger partial charge in [-0.05, 0) is 97.2 Å². The van der Waals surface area contributed by atoms with Gasteiger partial charge in [-0.2, -0.15) is 0 Å². The molecule has 0 radical (unpaired) electrons. The molecule has 0 aromatic rings. The molecule has 36 heavy (non-hydrogen) atoms.